The molecule has 0 fully saturated rings. The average Bonchev–Trinajstić information content (AvgIpc) is 3.65. The molecule has 3 aromatic heterocycles. The van der Waals surface area contributed by atoms with E-state index in [4.69, 9.17) is 9.40 Å². The quantitative estimate of drug-likeness (QED) is 0.214. The Bertz CT molecular complexity index is 2430. The molecule has 0 saturated heterocycles. The number of para-hydroxylation sites is 4. The number of hydrogen-bond donors (Lipinski definition) is 0. The van der Waals surface area contributed by atoms with Gasteiger partial charge in [0.2, 0.25) is 0 Å². The third kappa shape index (κ3) is 3.87. The van der Waals surface area contributed by atoms with E-state index in [1.54, 1.807) is 0 Å². The number of nitrogens with zero attached hydrogens (tertiary/aromatic N) is 2. The van der Waals surface area contributed by atoms with Crippen LogP contribution in [0.3, 0.4) is 0 Å². The topological polar surface area (TPSA) is 31.0 Å². The van der Waals surface area contributed by atoms with Crippen LogP contribution in [-0.4, -0.2) is 9.55 Å². The van der Waals surface area contributed by atoms with Crippen molar-refractivity contribution in [3.63, 3.8) is 0 Å². The Hall–Kier alpha value is -5.93. The molecule has 0 aliphatic rings. The number of benzene rings is 6. The molecule has 9 aromatic rings. The summed E-state index contributed by atoms with van der Waals surface area (Å²) in [7, 11) is 0. The lowest BCUT2D eigenvalue weighted by Gasteiger charge is -2.13. The van der Waals surface area contributed by atoms with E-state index in [2.05, 4.69) is 144 Å². The largest absolute Gasteiger partial charge is 0.455 e. The summed E-state index contributed by atoms with van der Waals surface area (Å²) in [6, 6.07) is 55.4. The van der Waals surface area contributed by atoms with E-state index in [0.717, 1.165) is 61.2 Å². The molecule has 0 bridgehead atoms. The van der Waals surface area contributed by atoms with Crippen molar-refractivity contribution in [1.29, 1.82) is 0 Å². The highest BCUT2D eigenvalue weighted by Gasteiger charge is 2.18. The monoisotopic (exact) mass is 562 g/mol. The molecule has 6 aromatic carbocycles. The van der Waals surface area contributed by atoms with Gasteiger partial charge in [-0.3, -0.25) is 4.57 Å². The summed E-state index contributed by atoms with van der Waals surface area (Å²) in [6.45, 7) is 0. The van der Waals surface area contributed by atoms with Crippen LogP contribution in [-0.2, 0) is 0 Å². The van der Waals surface area contributed by atoms with Gasteiger partial charge in [0, 0.05) is 32.7 Å². The fraction of sp³-hybridized carbons (Fsp3) is 0. The molecule has 3 nitrogen and oxygen atoms in total. The summed E-state index contributed by atoms with van der Waals surface area (Å²) in [5.74, 6) is 0.871. The van der Waals surface area contributed by atoms with Crippen molar-refractivity contribution in [2.45, 2.75) is 0 Å². The molecule has 0 radical (unpaired) electrons. The van der Waals surface area contributed by atoms with Crippen LogP contribution in [0, 0.1) is 0 Å². The van der Waals surface area contributed by atoms with Crippen LogP contribution >= 0.6 is 0 Å². The highest BCUT2D eigenvalue weighted by molar-refractivity contribution is 6.11. The van der Waals surface area contributed by atoms with Crippen LogP contribution in [0.2, 0.25) is 0 Å². The Morgan fingerprint density at radius 1 is 0.432 bits per heavy atom. The minimum atomic E-state index is 0.871. The van der Waals surface area contributed by atoms with E-state index in [9.17, 15) is 0 Å². The van der Waals surface area contributed by atoms with Crippen molar-refractivity contribution in [2.24, 2.45) is 0 Å². The lowest BCUT2D eigenvalue weighted by atomic mass is 9.99. The highest BCUT2D eigenvalue weighted by atomic mass is 16.3. The predicted octanol–water partition coefficient (Wildman–Crippen LogP) is 11.1. The van der Waals surface area contributed by atoms with Gasteiger partial charge in [-0.1, -0.05) is 127 Å². The Balaban J connectivity index is 1.31. The summed E-state index contributed by atoms with van der Waals surface area (Å²) in [6.07, 6.45) is 0. The van der Waals surface area contributed by atoms with Gasteiger partial charge in [-0.25, -0.2) is 4.98 Å². The molecule has 0 unspecified atom stereocenters. The van der Waals surface area contributed by atoms with Crippen LogP contribution in [0.4, 0.5) is 0 Å². The molecule has 0 spiro atoms. The lowest BCUT2D eigenvalue weighted by molar-refractivity contribution is 0.670. The SMILES string of the molecule is c1ccc(-c2ccc(-c3cc(-c4cccc5c4oc4ccccc45)cc(-n4c5ccccc5c5ccccc54)n3)cc2)cc1. The van der Waals surface area contributed by atoms with Crippen molar-refractivity contribution >= 4 is 43.7 Å². The number of fused-ring (bicyclic) bond motifs is 6. The molecule has 0 N–H and O–H groups in total. The zero-order valence-electron chi connectivity index (χ0n) is 23.8. The summed E-state index contributed by atoms with van der Waals surface area (Å²) in [5.41, 5.74) is 10.5. The van der Waals surface area contributed by atoms with Gasteiger partial charge in [-0.15, -0.1) is 0 Å². The Morgan fingerprint density at radius 3 is 1.77 bits per heavy atom. The number of aromatic nitrogens is 2. The molecule has 0 saturated carbocycles. The van der Waals surface area contributed by atoms with Gasteiger partial charge in [-0.2, -0.15) is 0 Å². The number of hydrogen-bond acceptors (Lipinski definition) is 2. The molecule has 44 heavy (non-hydrogen) atoms. The molecular weight excluding hydrogens is 536 g/mol. The number of furan rings is 1. The molecular formula is C41H26N2O. The van der Waals surface area contributed by atoms with E-state index in [-0.39, 0.29) is 0 Å². The first-order valence-electron chi connectivity index (χ1n) is 14.9. The number of pyridine rings is 1. The fourth-order valence-electron chi connectivity index (χ4n) is 6.54. The zero-order chi connectivity index (χ0) is 29.0. The van der Waals surface area contributed by atoms with Gasteiger partial charge in [0.25, 0.3) is 0 Å². The zero-order valence-corrected chi connectivity index (χ0v) is 23.8. The second-order valence-corrected chi connectivity index (χ2v) is 11.2. The third-order valence-corrected chi connectivity index (χ3v) is 8.62. The van der Waals surface area contributed by atoms with Crippen molar-refractivity contribution < 1.29 is 4.42 Å². The van der Waals surface area contributed by atoms with E-state index in [1.807, 2.05) is 18.2 Å². The standard InChI is InChI=1S/C41H26N2O/c1-2-11-27(12-3-1)28-21-23-29(24-22-28)36-25-30(31-16-10-17-35-34-15-6-9-20-39(34)44-41(31)35)26-40(42-36)43-37-18-7-4-13-32(37)33-14-5-8-19-38(33)43/h1-26H. The van der Waals surface area contributed by atoms with Crippen molar-refractivity contribution in [3.05, 3.63) is 158 Å². The van der Waals surface area contributed by atoms with Crippen molar-refractivity contribution in [2.75, 3.05) is 0 Å². The van der Waals surface area contributed by atoms with Crippen LogP contribution in [0.5, 0.6) is 0 Å². The van der Waals surface area contributed by atoms with E-state index in [1.165, 1.54) is 21.9 Å². The van der Waals surface area contributed by atoms with Gasteiger partial charge in [0.05, 0.1) is 16.7 Å². The molecule has 3 heterocycles. The maximum absolute atomic E-state index is 6.49. The van der Waals surface area contributed by atoms with Gasteiger partial charge in [-0.05, 0) is 47.0 Å². The maximum Gasteiger partial charge on any atom is 0.143 e. The maximum atomic E-state index is 6.49. The Morgan fingerprint density at radius 2 is 1.02 bits per heavy atom. The smallest absolute Gasteiger partial charge is 0.143 e. The third-order valence-electron chi connectivity index (χ3n) is 8.62. The second-order valence-electron chi connectivity index (χ2n) is 11.2. The van der Waals surface area contributed by atoms with E-state index < -0.39 is 0 Å². The van der Waals surface area contributed by atoms with Crippen LogP contribution in [0.15, 0.2) is 162 Å². The molecule has 3 heteroatoms. The summed E-state index contributed by atoms with van der Waals surface area (Å²) in [5, 5.41) is 4.66. The average molecular weight is 563 g/mol. The minimum absolute atomic E-state index is 0.871. The first-order chi connectivity index (χ1) is 21.8. The Labute approximate surface area is 254 Å². The lowest BCUT2D eigenvalue weighted by Crippen LogP contribution is -2.00. The van der Waals surface area contributed by atoms with Crippen LogP contribution < -0.4 is 0 Å². The van der Waals surface area contributed by atoms with E-state index >= 15 is 0 Å². The normalized spacial score (nSPS) is 11.6. The molecule has 0 atom stereocenters. The fourth-order valence-corrected chi connectivity index (χ4v) is 6.54. The first kappa shape index (κ1) is 24.6. The van der Waals surface area contributed by atoms with Crippen molar-refractivity contribution in [1.82, 2.24) is 9.55 Å². The first-order valence-corrected chi connectivity index (χ1v) is 14.9. The summed E-state index contributed by atoms with van der Waals surface area (Å²) in [4.78, 5) is 5.33. The predicted molar refractivity (Wildman–Crippen MR) is 182 cm³/mol. The number of rotatable bonds is 4. The molecule has 0 amide bonds. The van der Waals surface area contributed by atoms with Crippen LogP contribution in [0.1, 0.15) is 0 Å². The molecule has 9 rings (SSSR count). The summed E-state index contributed by atoms with van der Waals surface area (Å²) >= 11 is 0. The van der Waals surface area contributed by atoms with Gasteiger partial charge >= 0.3 is 0 Å². The van der Waals surface area contributed by atoms with Crippen molar-refractivity contribution in [3.8, 4) is 39.3 Å². The second kappa shape index (κ2) is 9.82. The van der Waals surface area contributed by atoms with Gasteiger partial charge in [0.1, 0.15) is 17.0 Å². The van der Waals surface area contributed by atoms with Gasteiger partial charge in [0.15, 0.2) is 0 Å². The Kier molecular flexibility index (Phi) is 5.50. The van der Waals surface area contributed by atoms with E-state index in [0.29, 0.717) is 0 Å². The van der Waals surface area contributed by atoms with Crippen LogP contribution in [0.25, 0.3) is 83.1 Å². The van der Waals surface area contributed by atoms with Gasteiger partial charge < -0.3 is 4.42 Å². The highest BCUT2D eigenvalue weighted by Crippen LogP contribution is 2.39. The summed E-state index contributed by atoms with van der Waals surface area (Å²) < 4.78 is 8.78. The molecule has 206 valence electrons. The minimum Gasteiger partial charge on any atom is -0.455 e. The molecule has 0 aliphatic heterocycles. The molecule has 0 aliphatic carbocycles.